The number of nitrogens with one attached hydrogen (secondary N) is 3. The van der Waals surface area contributed by atoms with Crippen molar-refractivity contribution in [2.45, 2.75) is 19.8 Å². The summed E-state index contributed by atoms with van der Waals surface area (Å²) in [5.74, 6) is 0.474. The second kappa shape index (κ2) is 6.48. The predicted molar refractivity (Wildman–Crippen MR) is 61.8 cm³/mol. The van der Waals surface area contributed by atoms with Gasteiger partial charge in [0.05, 0.1) is 5.92 Å². The summed E-state index contributed by atoms with van der Waals surface area (Å²) < 4.78 is 0. The molecule has 0 aromatic rings. The average molecular weight is 227 g/mol. The number of amides is 2. The van der Waals surface area contributed by atoms with Gasteiger partial charge in [-0.1, -0.05) is 6.92 Å². The largest absolute Gasteiger partial charge is 0.355 e. The molecule has 0 bridgehead atoms. The van der Waals surface area contributed by atoms with Crippen LogP contribution in [0.5, 0.6) is 0 Å². The Morgan fingerprint density at radius 3 is 2.88 bits per heavy atom. The lowest BCUT2D eigenvalue weighted by atomic mass is 9.98. The van der Waals surface area contributed by atoms with Crippen LogP contribution in [-0.2, 0) is 9.59 Å². The third kappa shape index (κ3) is 4.18. The zero-order valence-corrected chi connectivity index (χ0v) is 10.0. The highest BCUT2D eigenvalue weighted by atomic mass is 16.2. The van der Waals surface area contributed by atoms with E-state index >= 15 is 0 Å². The summed E-state index contributed by atoms with van der Waals surface area (Å²) >= 11 is 0. The fourth-order valence-corrected chi connectivity index (χ4v) is 1.80. The first kappa shape index (κ1) is 13.0. The van der Waals surface area contributed by atoms with Crippen LogP contribution in [0.3, 0.4) is 0 Å². The molecule has 0 aromatic heterocycles. The highest BCUT2D eigenvalue weighted by Crippen LogP contribution is 2.10. The molecule has 1 saturated heterocycles. The Balaban J connectivity index is 2.22. The van der Waals surface area contributed by atoms with E-state index in [1.165, 1.54) is 0 Å². The van der Waals surface area contributed by atoms with Gasteiger partial charge in [0.1, 0.15) is 0 Å². The molecule has 0 saturated carbocycles. The highest BCUT2D eigenvalue weighted by Gasteiger charge is 2.24. The normalized spacial score (nSPS) is 22.4. The van der Waals surface area contributed by atoms with Gasteiger partial charge < -0.3 is 16.0 Å². The van der Waals surface area contributed by atoms with Gasteiger partial charge in [0.2, 0.25) is 11.8 Å². The molecule has 1 aliphatic rings. The molecule has 2 unspecified atom stereocenters. The van der Waals surface area contributed by atoms with E-state index in [0.717, 1.165) is 6.54 Å². The molecule has 2 atom stereocenters. The summed E-state index contributed by atoms with van der Waals surface area (Å²) in [5.41, 5.74) is 0. The summed E-state index contributed by atoms with van der Waals surface area (Å²) in [7, 11) is 1.90. The van der Waals surface area contributed by atoms with Crippen molar-refractivity contribution in [2.75, 3.05) is 26.7 Å². The Labute approximate surface area is 96.4 Å². The Morgan fingerprint density at radius 2 is 2.31 bits per heavy atom. The third-order valence-electron chi connectivity index (χ3n) is 2.81. The summed E-state index contributed by atoms with van der Waals surface area (Å²) in [6, 6.07) is 0. The summed E-state index contributed by atoms with van der Waals surface area (Å²) in [6.45, 7) is 4.14. The zero-order valence-electron chi connectivity index (χ0n) is 10.0. The van der Waals surface area contributed by atoms with E-state index in [0.29, 0.717) is 31.8 Å². The van der Waals surface area contributed by atoms with Crippen LogP contribution in [0.4, 0.5) is 0 Å². The van der Waals surface area contributed by atoms with Crippen molar-refractivity contribution >= 4 is 11.8 Å². The molecule has 1 fully saturated rings. The van der Waals surface area contributed by atoms with Crippen LogP contribution in [0.1, 0.15) is 19.8 Å². The molecule has 0 spiro atoms. The van der Waals surface area contributed by atoms with E-state index in [9.17, 15) is 9.59 Å². The van der Waals surface area contributed by atoms with E-state index in [2.05, 4.69) is 22.9 Å². The number of carbonyl (C=O) groups is 2. The minimum atomic E-state index is -0.0560. The average Bonchev–Trinajstić information content (AvgIpc) is 2.27. The quantitative estimate of drug-likeness (QED) is 0.592. The summed E-state index contributed by atoms with van der Waals surface area (Å²) in [6.07, 6.45) is 1.13. The lowest BCUT2D eigenvalue weighted by molar-refractivity contribution is -0.129. The standard InChI is InChI=1S/C11H21N3O2/c1-8(5-12-2)6-14-11(16)9-3-4-10(15)13-7-9/h8-9,12H,3-7H2,1-2H3,(H,13,15)(H,14,16). The molecule has 92 valence electrons. The van der Waals surface area contributed by atoms with Crippen molar-refractivity contribution in [3.8, 4) is 0 Å². The lowest BCUT2D eigenvalue weighted by Crippen LogP contribution is -2.44. The van der Waals surface area contributed by atoms with Crippen molar-refractivity contribution < 1.29 is 9.59 Å². The van der Waals surface area contributed by atoms with Crippen LogP contribution in [0.15, 0.2) is 0 Å². The van der Waals surface area contributed by atoms with Gasteiger partial charge >= 0.3 is 0 Å². The number of rotatable bonds is 5. The van der Waals surface area contributed by atoms with Gasteiger partial charge in [0.25, 0.3) is 0 Å². The molecule has 16 heavy (non-hydrogen) atoms. The zero-order chi connectivity index (χ0) is 12.0. The molecule has 3 N–H and O–H groups in total. The molecule has 0 aliphatic carbocycles. The Bertz CT molecular complexity index is 246. The van der Waals surface area contributed by atoms with Crippen molar-refractivity contribution in [1.82, 2.24) is 16.0 Å². The van der Waals surface area contributed by atoms with E-state index in [-0.39, 0.29) is 17.7 Å². The van der Waals surface area contributed by atoms with Gasteiger partial charge in [-0.05, 0) is 25.9 Å². The van der Waals surface area contributed by atoms with Crippen molar-refractivity contribution in [3.05, 3.63) is 0 Å². The molecule has 1 aliphatic heterocycles. The minimum Gasteiger partial charge on any atom is -0.355 e. The second-order valence-electron chi connectivity index (χ2n) is 4.45. The maximum Gasteiger partial charge on any atom is 0.224 e. The summed E-state index contributed by atoms with van der Waals surface area (Å²) in [4.78, 5) is 22.7. The second-order valence-corrected chi connectivity index (χ2v) is 4.45. The number of piperidine rings is 1. The number of carbonyl (C=O) groups excluding carboxylic acids is 2. The summed E-state index contributed by atoms with van der Waals surface area (Å²) in [5, 5.41) is 8.70. The van der Waals surface area contributed by atoms with Gasteiger partial charge in [-0.15, -0.1) is 0 Å². The first-order chi connectivity index (χ1) is 7.63. The maximum absolute atomic E-state index is 11.7. The molecular weight excluding hydrogens is 206 g/mol. The Hall–Kier alpha value is -1.10. The minimum absolute atomic E-state index is 0.0487. The molecule has 2 amide bonds. The smallest absolute Gasteiger partial charge is 0.224 e. The van der Waals surface area contributed by atoms with Gasteiger partial charge in [-0.3, -0.25) is 9.59 Å². The van der Waals surface area contributed by atoms with Crippen molar-refractivity contribution in [1.29, 1.82) is 0 Å². The van der Waals surface area contributed by atoms with Crippen LogP contribution in [0.25, 0.3) is 0 Å². The van der Waals surface area contributed by atoms with Gasteiger partial charge in [0, 0.05) is 19.5 Å². The molecule has 5 heteroatoms. The SMILES string of the molecule is CNCC(C)CNC(=O)C1CCC(=O)NC1. The molecule has 0 radical (unpaired) electrons. The van der Waals surface area contributed by atoms with Crippen molar-refractivity contribution in [2.24, 2.45) is 11.8 Å². The van der Waals surface area contributed by atoms with E-state index in [4.69, 9.17) is 0 Å². The Morgan fingerprint density at radius 1 is 1.56 bits per heavy atom. The van der Waals surface area contributed by atoms with Crippen LogP contribution < -0.4 is 16.0 Å². The van der Waals surface area contributed by atoms with Crippen molar-refractivity contribution in [3.63, 3.8) is 0 Å². The fraction of sp³-hybridized carbons (Fsp3) is 0.818. The van der Waals surface area contributed by atoms with Gasteiger partial charge in [-0.2, -0.15) is 0 Å². The van der Waals surface area contributed by atoms with Crippen LogP contribution in [-0.4, -0.2) is 38.5 Å². The lowest BCUT2D eigenvalue weighted by Gasteiger charge is -2.22. The molecule has 1 heterocycles. The number of hydrogen-bond acceptors (Lipinski definition) is 3. The molecule has 5 nitrogen and oxygen atoms in total. The fourth-order valence-electron chi connectivity index (χ4n) is 1.80. The first-order valence-electron chi connectivity index (χ1n) is 5.82. The van der Waals surface area contributed by atoms with Crippen LogP contribution in [0.2, 0.25) is 0 Å². The monoisotopic (exact) mass is 227 g/mol. The van der Waals surface area contributed by atoms with Gasteiger partial charge in [-0.25, -0.2) is 0 Å². The van der Waals surface area contributed by atoms with E-state index in [1.807, 2.05) is 7.05 Å². The van der Waals surface area contributed by atoms with E-state index in [1.54, 1.807) is 0 Å². The molecular formula is C11H21N3O2. The first-order valence-corrected chi connectivity index (χ1v) is 5.82. The van der Waals surface area contributed by atoms with E-state index < -0.39 is 0 Å². The van der Waals surface area contributed by atoms with Crippen LogP contribution >= 0.6 is 0 Å². The highest BCUT2D eigenvalue weighted by molar-refractivity contribution is 5.83. The predicted octanol–water partition coefficient (Wildman–Crippen LogP) is -0.516. The molecule has 0 aromatic carbocycles. The molecule has 1 rings (SSSR count). The number of hydrogen-bond donors (Lipinski definition) is 3. The van der Waals surface area contributed by atoms with Gasteiger partial charge in [0.15, 0.2) is 0 Å². The topological polar surface area (TPSA) is 70.2 Å². The third-order valence-corrected chi connectivity index (χ3v) is 2.81. The van der Waals surface area contributed by atoms with Crippen LogP contribution in [0, 0.1) is 11.8 Å². The maximum atomic E-state index is 11.7. The Kier molecular flexibility index (Phi) is 5.25.